The Morgan fingerprint density at radius 2 is 1.62 bits per heavy atom. The van der Waals surface area contributed by atoms with E-state index in [-0.39, 0.29) is 9.79 Å². The molecule has 0 saturated carbocycles. The highest BCUT2D eigenvalue weighted by atomic mass is 32.2. The molecular formula is C12H6F2N2O4S. The first kappa shape index (κ1) is 14.9. The van der Waals surface area contributed by atoms with Gasteiger partial charge < -0.3 is 0 Å². The van der Waals surface area contributed by atoms with E-state index in [2.05, 4.69) is 0 Å². The summed E-state index contributed by atoms with van der Waals surface area (Å²) in [5.41, 5.74) is -0.997. The third kappa shape index (κ3) is 3.31. The second-order valence-corrected chi connectivity index (χ2v) is 4.93. The van der Waals surface area contributed by atoms with Crippen molar-refractivity contribution in [1.82, 2.24) is 0 Å². The van der Waals surface area contributed by atoms with Gasteiger partial charge in [-0.25, -0.2) is 8.78 Å². The first-order chi connectivity index (χ1) is 9.88. The van der Waals surface area contributed by atoms with E-state index in [1.807, 2.05) is 0 Å². The van der Waals surface area contributed by atoms with Crippen molar-refractivity contribution in [2.24, 2.45) is 0 Å². The number of halogens is 2. The molecule has 21 heavy (non-hydrogen) atoms. The lowest BCUT2D eigenvalue weighted by atomic mass is 10.3. The number of benzene rings is 2. The normalized spacial score (nSPS) is 10.4. The molecule has 0 fully saturated rings. The topological polar surface area (TPSA) is 86.3 Å². The summed E-state index contributed by atoms with van der Waals surface area (Å²) in [5.74, 6) is -1.43. The van der Waals surface area contributed by atoms with Crippen LogP contribution in [-0.4, -0.2) is 9.85 Å². The summed E-state index contributed by atoms with van der Waals surface area (Å²) in [6.45, 7) is 0. The molecule has 2 aromatic carbocycles. The van der Waals surface area contributed by atoms with Crippen LogP contribution in [0.15, 0.2) is 46.2 Å². The molecule has 108 valence electrons. The molecule has 0 aromatic heterocycles. The van der Waals surface area contributed by atoms with Crippen LogP contribution in [0.2, 0.25) is 0 Å². The summed E-state index contributed by atoms with van der Waals surface area (Å²) >= 11 is 0.624. The summed E-state index contributed by atoms with van der Waals surface area (Å²) in [6.07, 6.45) is 0. The Morgan fingerprint density at radius 3 is 2.24 bits per heavy atom. The molecule has 0 heterocycles. The summed E-state index contributed by atoms with van der Waals surface area (Å²) in [5, 5.41) is 21.6. The molecule has 0 aliphatic rings. The zero-order chi connectivity index (χ0) is 15.6. The van der Waals surface area contributed by atoms with Crippen molar-refractivity contribution >= 4 is 23.1 Å². The summed E-state index contributed by atoms with van der Waals surface area (Å²) in [4.78, 5) is 19.8. The van der Waals surface area contributed by atoms with Crippen LogP contribution in [0.4, 0.5) is 20.2 Å². The third-order valence-corrected chi connectivity index (χ3v) is 3.56. The SMILES string of the molecule is O=[N+]([O-])c1ccc(Sc2cc(F)ccc2F)c([N+](=O)[O-])c1. The van der Waals surface area contributed by atoms with Crippen LogP contribution in [-0.2, 0) is 0 Å². The molecule has 0 aliphatic heterocycles. The number of nitrogens with zero attached hydrogens (tertiary/aromatic N) is 2. The van der Waals surface area contributed by atoms with E-state index in [1.54, 1.807) is 0 Å². The van der Waals surface area contributed by atoms with E-state index in [1.165, 1.54) is 0 Å². The van der Waals surface area contributed by atoms with Crippen molar-refractivity contribution in [3.8, 4) is 0 Å². The largest absolute Gasteiger partial charge is 0.290 e. The summed E-state index contributed by atoms with van der Waals surface area (Å²) < 4.78 is 26.6. The van der Waals surface area contributed by atoms with Gasteiger partial charge in [-0.05, 0) is 24.3 Å². The quantitative estimate of drug-likeness (QED) is 0.630. The molecular weight excluding hydrogens is 306 g/mol. The molecule has 0 N–H and O–H groups in total. The van der Waals surface area contributed by atoms with Crippen LogP contribution in [0.25, 0.3) is 0 Å². The maximum atomic E-state index is 13.5. The van der Waals surface area contributed by atoms with Gasteiger partial charge in [-0.15, -0.1) is 0 Å². The Hall–Kier alpha value is -2.55. The Balaban J connectivity index is 2.46. The van der Waals surface area contributed by atoms with Gasteiger partial charge in [0, 0.05) is 6.07 Å². The first-order valence-corrected chi connectivity index (χ1v) is 6.26. The minimum Gasteiger partial charge on any atom is -0.258 e. The van der Waals surface area contributed by atoms with Crippen LogP contribution in [0.1, 0.15) is 0 Å². The Kier molecular flexibility index (Phi) is 4.13. The maximum absolute atomic E-state index is 13.5. The van der Waals surface area contributed by atoms with Gasteiger partial charge in [0.25, 0.3) is 11.4 Å². The van der Waals surface area contributed by atoms with Crippen molar-refractivity contribution in [2.75, 3.05) is 0 Å². The third-order valence-electron chi connectivity index (χ3n) is 2.46. The van der Waals surface area contributed by atoms with E-state index in [0.717, 1.165) is 36.4 Å². The fourth-order valence-corrected chi connectivity index (χ4v) is 2.47. The highest BCUT2D eigenvalue weighted by molar-refractivity contribution is 7.99. The van der Waals surface area contributed by atoms with Crippen molar-refractivity contribution < 1.29 is 18.6 Å². The smallest absolute Gasteiger partial charge is 0.258 e. The number of rotatable bonds is 4. The van der Waals surface area contributed by atoms with Crippen LogP contribution >= 0.6 is 11.8 Å². The molecule has 9 heteroatoms. The van der Waals surface area contributed by atoms with Gasteiger partial charge in [-0.3, -0.25) is 20.2 Å². The van der Waals surface area contributed by atoms with Crippen molar-refractivity contribution in [3.63, 3.8) is 0 Å². The van der Waals surface area contributed by atoms with Crippen molar-refractivity contribution in [3.05, 3.63) is 68.3 Å². The Bertz CT molecular complexity index is 739. The molecule has 0 unspecified atom stereocenters. The highest BCUT2D eigenvalue weighted by Gasteiger charge is 2.21. The lowest BCUT2D eigenvalue weighted by Crippen LogP contribution is -1.95. The standard InChI is InChI=1S/C12H6F2N2O4S/c13-7-1-3-9(14)12(5-7)21-11-4-2-8(15(17)18)6-10(11)16(19)20/h1-6H. The van der Waals surface area contributed by atoms with Gasteiger partial charge in [0.05, 0.1) is 25.7 Å². The molecule has 6 nitrogen and oxygen atoms in total. The van der Waals surface area contributed by atoms with Crippen LogP contribution in [0.3, 0.4) is 0 Å². The fourth-order valence-electron chi connectivity index (χ4n) is 1.52. The summed E-state index contributed by atoms with van der Waals surface area (Å²) in [7, 11) is 0. The molecule has 0 amide bonds. The van der Waals surface area contributed by atoms with Crippen LogP contribution in [0, 0.1) is 31.9 Å². The molecule has 0 saturated heterocycles. The molecule has 2 rings (SSSR count). The minimum atomic E-state index is -0.813. The lowest BCUT2D eigenvalue weighted by Gasteiger charge is -2.04. The molecule has 0 atom stereocenters. The second kappa shape index (κ2) is 5.83. The van der Waals surface area contributed by atoms with E-state index < -0.39 is 32.9 Å². The van der Waals surface area contributed by atoms with Gasteiger partial charge >= 0.3 is 0 Å². The average molecular weight is 312 g/mol. The van der Waals surface area contributed by atoms with Gasteiger partial charge in [-0.2, -0.15) is 0 Å². The van der Waals surface area contributed by atoms with E-state index in [4.69, 9.17) is 0 Å². The zero-order valence-corrected chi connectivity index (χ0v) is 11.0. The first-order valence-electron chi connectivity index (χ1n) is 5.44. The van der Waals surface area contributed by atoms with E-state index in [9.17, 15) is 29.0 Å². The molecule has 2 aromatic rings. The highest BCUT2D eigenvalue weighted by Crippen LogP contribution is 2.38. The number of nitro benzene ring substituents is 2. The van der Waals surface area contributed by atoms with E-state index in [0.29, 0.717) is 11.8 Å². The van der Waals surface area contributed by atoms with Crippen LogP contribution < -0.4 is 0 Å². The monoisotopic (exact) mass is 312 g/mol. The molecule has 0 radical (unpaired) electrons. The van der Waals surface area contributed by atoms with Gasteiger partial charge in [0.2, 0.25) is 0 Å². The predicted octanol–water partition coefficient (Wildman–Crippen LogP) is 3.93. The Labute approximate surface area is 120 Å². The number of non-ortho nitro benzene ring substituents is 1. The summed E-state index contributed by atoms with van der Waals surface area (Å²) in [6, 6.07) is 5.68. The van der Waals surface area contributed by atoms with Crippen molar-refractivity contribution in [1.29, 1.82) is 0 Å². The van der Waals surface area contributed by atoms with Crippen LogP contribution in [0.5, 0.6) is 0 Å². The molecule has 0 spiro atoms. The lowest BCUT2D eigenvalue weighted by molar-refractivity contribution is -0.396. The number of hydrogen-bond acceptors (Lipinski definition) is 5. The number of hydrogen-bond donors (Lipinski definition) is 0. The number of nitro groups is 2. The van der Waals surface area contributed by atoms with Gasteiger partial charge in [0.1, 0.15) is 11.6 Å². The Morgan fingerprint density at radius 1 is 0.905 bits per heavy atom. The van der Waals surface area contributed by atoms with Gasteiger partial charge in [0.15, 0.2) is 0 Å². The second-order valence-electron chi connectivity index (χ2n) is 3.84. The molecule has 0 bridgehead atoms. The molecule has 0 aliphatic carbocycles. The fraction of sp³-hybridized carbons (Fsp3) is 0. The average Bonchev–Trinajstić information content (AvgIpc) is 2.42. The maximum Gasteiger partial charge on any atom is 0.290 e. The van der Waals surface area contributed by atoms with Gasteiger partial charge in [-0.1, -0.05) is 11.8 Å². The predicted molar refractivity (Wildman–Crippen MR) is 70.2 cm³/mol. The van der Waals surface area contributed by atoms with Crippen molar-refractivity contribution in [2.45, 2.75) is 9.79 Å². The minimum absolute atomic E-state index is 0.0184. The zero-order valence-electron chi connectivity index (χ0n) is 10.2. The van der Waals surface area contributed by atoms with E-state index >= 15 is 0 Å².